The van der Waals surface area contributed by atoms with E-state index in [0.29, 0.717) is 4.34 Å². The Balaban J connectivity index is 1.73. The first kappa shape index (κ1) is 19.0. The number of thioether (sulfide) groups is 1. The van der Waals surface area contributed by atoms with Crippen LogP contribution >= 0.6 is 23.1 Å². The molecule has 0 aromatic carbocycles. The van der Waals surface area contributed by atoms with E-state index < -0.39 is 11.3 Å². The smallest absolute Gasteiger partial charge is 0.321 e. The van der Waals surface area contributed by atoms with E-state index >= 15 is 0 Å². The van der Waals surface area contributed by atoms with Crippen LogP contribution in [0.4, 0.5) is 9.93 Å². The molecule has 0 aliphatic heterocycles. The van der Waals surface area contributed by atoms with Crippen LogP contribution in [0, 0.1) is 0 Å². The number of nitrogens with one attached hydrogen (secondary N) is 3. The lowest BCUT2D eigenvalue weighted by Crippen LogP contribution is -2.45. The van der Waals surface area contributed by atoms with E-state index in [9.17, 15) is 9.59 Å². The van der Waals surface area contributed by atoms with Crippen LogP contribution < -0.4 is 16.0 Å². The zero-order valence-corrected chi connectivity index (χ0v) is 15.8. The second-order valence-electron chi connectivity index (χ2n) is 5.86. The fourth-order valence-electron chi connectivity index (χ4n) is 2.41. The number of hydrogen-bond donors (Lipinski definition) is 3. The third kappa shape index (κ3) is 6.27. The number of nitrogens with zero attached hydrogens (tertiary/aromatic N) is 2. The number of hydrogen-bond acceptors (Lipinski definition) is 7. The Hall–Kier alpha value is -1.35. The van der Waals surface area contributed by atoms with E-state index in [1.54, 1.807) is 6.92 Å². The summed E-state index contributed by atoms with van der Waals surface area (Å²) in [6.45, 7) is 4.76. The number of carbonyl (C=O) groups excluding carboxylic acids is 2. The number of imide groups is 1. The maximum Gasteiger partial charge on any atom is 0.321 e. The summed E-state index contributed by atoms with van der Waals surface area (Å²) in [5.74, 6) is -0.314. The summed E-state index contributed by atoms with van der Waals surface area (Å²) in [7, 11) is 0. The van der Waals surface area contributed by atoms with Crippen LogP contribution in [-0.4, -0.2) is 40.0 Å². The summed E-state index contributed by atoms with van der Waals surface area (Å²) in [6.07, 6.45) is 6.45. The minimum absolute atomic E-state index is 0.195. The lowest BCUT2D eigenvalue weighted by Gasteiger charge is -2.14. The highest BCUT2D eigenvalue weighted by Gasteiger charge is 2.22. The van der Waals surface area contributed by atoms with Gasteiger partial charge >= 0.3 is 6.03 Å². The molecule has 0 radical (unpaired) electrons. The third-order valence-corrected chi connectivity index (χ3v) is 5.85. The first-order valence-corrected chi connectivity index (χ1v) is 10.1. The van der Waals surface area contributed by atoms with Gasteiger partial charge in [-0.2, -0.15) is 0 Å². The molecule has 1 atom stereocenters. The van der Waals surface area contributed by atoms with Crippen molar-refractivity contribution in [3.8, 4) is 0 Å². The topological polar surface area (TPSA) is 96.0 Å². The molecule has 7 nitrogen and oxygen atoms in total. The SMILES string of the molecule is CCCCNc1nnc(S[C@H](C)C(=O)NC(=O)NC2CCCC2)s1. The zero-order valence-electron chi connectivity index (χ0n) is 14.1. The molecule has 1 heterocycles. The van der Waals surface area contributed by atoms with Gasteiger partial charge in [-0.25, -0.2) is 4.79 Å². The molecule has 134 valence electrons. The molecule has 1 saturated carbocycles. The van der Waals surface area contributed by atoms with Crippen LogP contribution in [0.5, 0.6) is 0 Å². The van der Waals surface area contributed by atoms with E-state index in [0.717, 1.165) is 50.2 Å². The minimum Gasteiger partial charge on any atom is -0.360 e. The van der Waals surface area contributed by atoms with Crippen molar-refractivity contribution < 1.29 is 9.59 Å². The number of urea groups is 1. The van der Waals surface area contributed by atoms with Crippen molar-refractivity contribution in [2.45, 2.75) is 68.0 Å². The molecular weight excluding hydrogens is 346 g/mol. The summed E-state index contributed by atoms with van der Waals surface area (Å²) in [4.78, 5) is 23.9. The van der Waals surface area contributed by atoms with Gasteiger partial charge in [-0.15, -0.1) is 10.2 Å². The van der Waals surface area contributed by atoms with Crippen molar-refractivity contribution in [3.63, 3.8) is 0 Å². The maximum atomic E-state index is 12.1. The molecule has 1 aromatic heterocycles. The summed E-state index contributed by atoms with van der Waals surface area (Å²) >= 11 is 2.73. The highest BCUT2D eigenvalue weighted by atomic mass is 32.2. The van der Waals surface area contributed by atoms with Gasteiger partial charge in [-0.05, 0) is 26.2 Å². The third-order valence-electron chi connectivity index (χ3n) is 3.79. The van der Waals surface area contributed by atoms with Crippen molar-refractivity contribution in [2.24, 2.45) is 0 Å². The molecule has 0 spiro atoms. The standard InChI is InChI=1S/C15H25N5O2S2/c1-3-4-9-16-14-19-20-15(24-14)23-10(2)12(21)18-13(22)17-11-7-5-6-8-11/h10-11H,3-9H2,1-2H3,(H,16,19)(H2,17,18,21,22)/t10-/m1/s1. The summed E-state index contributed by atoms with van der Waals surface area (Å²) in [6, 6.07) is -0.209. The average molecular weight is 372 g/mol. The molecule has 3 N–H and O–H groups in total. The first-order chi connectivity index (χ1) is 11.6. The zero-order chi connectivity index (χ0) is 17.4. The molecule has 1 aliphatic carbocycles. The van der Waals surface area contributed by atoms with E-state index in [-0.39, 0.29) is 11.9 Å². The molecule has 1 aliphatic rings. The number of carbonyl (C=O) groups is 2. The highest BCUT2D eigenvalue weighted by Crippen LogP contribution is 2.28. The number of unbranched alkanes of at least 4 members (excludes halogenated alkanes) is 1. The van der Waals surface area contributed by atoms with Crippen LogP contribution in [0.1, 0.15) is 52.4 Å². The second-order valence-corrected chi connectivity index (χ2v) is 8.42. The van der Waals surface area contributed by atoms with Gasteiger partial charge in [0.05, 0.1) is 5.25 Å². The maximum absolute atomic E-state index is 12.1. The Kier molecular flexibility index (Phi) is 7.77. The van der Waals surface area contributed by atoms with Crippen molar-refractivity contribution in [1.29, 1.82) is 0 Å². The van der Waals surface area contributed by atoms with Crippen LogP contribution in [0.25, 0.3) is 0 Å². The number of aromatic nitrogens is 2. The Labute approximate surface area is 150 Å². The molecule has 24 heavy (non-hydrogen) atoms. The van der Waals surface area contributed by atoms with Crippen LogP contribution in [0.15, 0.2) is 4.34 Å². The van der Waals surface area contributed by atoms with Crippen molar-refractivity contribution in [1.82, 2.24) is 20.8 Å². The predicted octanol–water partition coefficient (Wildman–Crippen LogP) is 3.00. The van der Waals surface area contributed by atoms with Gasteiger partial charge in [0.2, 0.25) is 11.0 Å². The van der Waals surface area contributed by atoms with E-state index in [1.807, 2.05) is 0 Å². The lowest BCUT2D eigenvalue weighted by atomic mass is 10.2. The van der Waals surface area contributed by atoms with Gasteiger partial charge in [0.25, 0.3) is 0 Å². The van der Waals surface area contributed by atoms with Gasteiger partial charge in [-0.1, -0.05) is 49.3 Å². The van der Waals surface area contributed by atoms with E-state index in [4.69, 9.17) is 0 Å². The van der Waals surface area contributed by atoms with E-state index in [2.05, 4.69) is 33.1 Å². The second kappa shape index (κ2) is 9.83. The fraction of sp³-hybridized carbons (Fsp3) is 0.733. The van der Waals surface area contributed by atoms with Crippen molar-refractivity contribution in [2.75, 3.05) is 11.9 Å². The predicted molar refractivity (Wildman–Crippen MR) is 97.6 cm³/mol. The average Bonchev–Trinajstić information content (AvgIpc) is 3.19. The quantitative estimate of drug-likeness (QED) is 0.480. The Morgan fingerprint density at radius 2 is 2.08 bits per heavy atom. The Morgan fingerprint density at radius 1 is 1.33 bits per heavy atom. The number of amides is 3. The summed E-state index contributed by atoms with van der Waals surface area (Å²) < 4.78 is 0.716. The fourth-order valence-corrected chi connectivity index (χ4v) is 4.33. The normalized spacial score (nSPS) is 15.9. The largest absolute Gasteiger partial charge is 0.360 e. The monoisotopic (exact) mass is 371 g/mol. The molecule has 9 heteroatoms. The van der Waals surface area contributed by atoms with Crippen molar-refractivity contribution in [3.05, 3.63) is 0 Å². The van der Waals surface area contributed by atoms with Gasteiger partial charge in [0, 0.05) is 12.6 Å². The van der Waals surface area contributed by atoms with Gasteiger partial charge in [0.1, 0.15) is 0 Å². The van der Waals surface area contributed by atoms with Crippen molar-refractivity contribution >= 4 is 40.2 Å². The molecular formula is C15H25N5O2S2. The molecule has 0 saturated heterocycles. The van der Waals surface area contributed by atoms with Gasteiger partial charge in [0.15, 0.2) is 4.34 Å². The molecule has 3 amide bonds. The first-order valence-electron chi connectivity index (χ1n) is 8.44. The molecule has 1 aromatic rings. The van der Waals surface area contributed by atoms with Gasteiger partial charge < -0.3 is 10.6 Å². The summed E-state index contributed by atoms with van der Waals surface area (Å²) in [5.41, 5.74) is 0. The highest BCUT2D eigenvalue weighted by molar-refractivity contribution is 8.02. The number of rotatable bonds is 8. The molecule has 0 bridgehead atoms. The lowest BCUT2D eigenvalue weighted by molar-refractivity contribution is -0.119. The Morgan fingerprint density at radius 3 is 2.79 bits per heavy atom. The molecule has 1 fully saturated rings. The van der Waals surface area contributed by atoms with Gasteiger partial charge in [-0.3, -0.25) is 10.1 Å². The molecule has 2 rings (SSSR count). The Bertz CT molecular complexity index is 546. The molecule has 0 unspecified atom stereocenters. The summed E-state index contributed by atoms with van der Waals surface area (Å²) in [5, 5.41) is 16.9. The van der Waals surface area contributed by atoms with Crippen LogP contribution in [-0.2, 0) is 4.79 Å². The number of anilines is 1. The van der Waals surface area contributed by atoms with E-state index in [1.165, 1.54) is 23.1 Å². The minimum atomic E-state index is -0.407. The van der Waals surface area contributed by atoms with Crippen LogP contribution in [0.2, 0.25) is 0 Å². The van der Waals surface area contributed by atoms with Crippen LogP contribution in [0.3, 0.4) is 0 Å².